The second kappa shape index (κ2) is 3.91. The molecule has 0 aliphatic carbocycles. The Kier molecular flexibility index (Phi) is 2.45. The molecule has 0 N–H and O–H groups in total. The lowest BCUT2D eigenvalue weighted by Crippen LogP contribution is -2.00. The van der Waals surface area contributed by atoms with Crippen molar-refractivity contribution in [1.82, 2.24) is 10.2 Å². The molecular weight excluding hydrogens is 196 g/mol. The van der Waals surface area contributed by atoms with Crippen molar-refractivity contribution in [2.45, 2.75) is 0 Å². The van der Waals surface area contributed by atoms with Crippen molar-refractivity contribution in [2.75, 3.05) is 7.11 Å². The van der Waals surface area contributed by atoms with Crippen LogP contribution in [-0.4, -0.2) is 23.3 Å². The van der Waals surface area contributed by atoms with Gasteiger partial charge in [0.25, 0.3) is 0 Å². The van der Waals surface area contributed by atoms with E-state index in [1.807, 2.05) is 0 Å². The first-order valence-corrected chi connectivity index (χ1v) is 4.26. The highest BCUT2D eigenvalue weighted by Crippen LogP contribution is 2.17. The number of rotatable bonds is 2. The SMILES string of the molecule is COC(=O)c1cccc(-c2nnco2)c1. The van der Waals surface area contributed by atoms with Gasteiger partial charge < -0.3 is 9.15 Å². The van der Waals surface area contributed by atoms with Crippen LogP contribution in [0.15, 0.2) is 35.1 Å². The Labute approximate surface area is 85.7 Å². The molecule has 0 amide bonds. The van der Waals surface area contributed by atoms with E-state index in [9.17, 15) is 4.79 Å². The fourth-order valence-electron chi connectivity index (χ4n) is 1.20. The Morgan fingerprint density at radius 2 is 2.33 bits per heavy atom. The average Bonchev–Trinajstić information content (AvgIpc) is 2.82. The first-order chi connectivity index (χ1) is 7.31. The average molecular weight is 204 g/mol. The molecule has 0 unspecified atom stereocenters. The summed E-state index contributed by atoms with van der Waals surface area (Å²) in [5, 5.41) is 7.30. The molecule has 0 spiro atoms. The maximum absolute atomic E-state index is 11.2. The number of benzene rings is 1. The monoisotopic (exact) mass is 204 g/mol. The van der Waals surface area contributed by atoms with Gasteiger partial charge in [0, 0.05) is 5.56 Å². The van der Waals surface area contributed by atoms with Gasteiger partial charge in [-0.3, -0.25) is 0 Å². The molecule has 15 heavy (non-hydrogen) atoms. The molecule has 1 aromatic carbocycles. The predicted octanol–water partition coefficient (Wildman–Crippen LogP) is 1.52. The quantitative estimate of drug-likeness (QED) is 0.694. The molecule has 0 fully saturated rings. The van der Waals surface area contributed by atoms with Crippen molar-refractivity contribution in [3.05, 3.63) is 36.2 Å². The molecular formula is C10H8N2O3. The zero-order chi connectivity index (χ0) is 10.7. The van der Waals surface area contributed by atoms with E-state index in [1.54, 1.807) is 24.3 Å². The molecule has 1 aromatic heterocycles. The van der Waals surface area contributed by atoms with Crippen molar-refractivity contribution in [1.29, 1.82) is 0 Å². The smallest absolute Gasteiger partial charge is 0.337 e. The lowest BCUT2D eigenvalue weighted by molar-refractivity contribution is 0.0601. The number of methoxy groups -OCH3 is 1. The van der Waals surface area contributed by atoms with Gasteiger partial charge in [-0.1, -0.05) is 6.07 Å². The summed E-state index contributed by atoms with van der Waals surface area (Å²) < 4.78 is 9.62. The van der Waals surface area contributed by atoms with Gasteiger partial charge in [-0.2, -0.15) is 0 Å². The molecule has 0 saturated heterocycles. The van der Waals surface area contributed by atoms with E-state index < -0.39 is 5.97 Å². The summed E-state index contributed by atoms with van der Waals surface area (Å²) in [6.07, 6.45) is 1.24. The minimum absolute atomic E-state index is 0.376. The summed E-state index contributed by atoms with van der Waals surface area (Å²) in [4.78, 5) is 11.2. The standard InChI is InChI=1S/C10H8N2O3/c1-14-10(13)8-4-2-3-7(5-8)9-12-11-6-15-9/h2-6H,1H3. The van der Waals surface area contributed by atoms with Crippen LogP contribution in [0.1, 0.15) is 10.4 Å². The predicted molar refractivity (Wildman–Crippen MR) is 51.1 cm³/mol. The second-order valence-corrected chi connectivity index (χ2v) is 2.82. The minimum atomic E-state index is -0.392. The third kappa shape index (κ3) is 1.85. The largest absolute Gasteiger partial charge is 0.465 e. The van der Waals surface area contributed by atoms with Crippen LogP contribution in [0, 0.1) is 0 Å². The fourth-order valence-corrected chi connectivity index (χ4v) is 1.20. The number of hydrogen-bond donors (Lipinski definition) is 0. The minimum Gasteiger partial charge on any atom is -0.465 e. The Bertz CT molecular complexity index is 465. The van der Waals surface area contributed by atoms with Gasteiger partial charge in [-0.25, -0.2) is 4.79 Å². The van der Waals surface area contributed by atoms with Crippen LogP contribution in [0.2, 0.25) is 0 Å². The third-order valence-corrected chi connectivity index (χ3v) is 1.89. The van der Waals surface area contributed by atoms with E-state index >= 15 is 0 Å². The molecule has 0 saturated carbocycles. The van der Waals surface area contributed by atoms with Gasteiger partial charge in [0.15, 0.2) is 0 Å². The fraction of sp³-hybridized carbons (Fsp3) is 0.100. The summed E-state index contributed by atoms with van der Waals surface area (Å²) in [6, 6.07) is 6.80. The number of ether oxygens (including phenoxy) is 1. The van der Waals surface area contributed by atoms with Crippen LogP contribution in [-0.2, 0) is 4.74 Å². The zero-order valence-corrected chi connectivity index (χ0v) is 8.01. The van der Waals surface area contributed by atoms with Crippen molar-refractivity contribution in [2.24, 2.45) is 0 Å². The van der Waals surface area contributed by atoms with Crippen LogP contribution < -0.4 is 0 Å². The van der Waals surface area contributed by atoms with Gasteiger partial charge in [0.1, 0.15) is 0 Å². The summed E-state index contributed by atoms with van der Waals surface area (Å²) in [5.41, 5.74) is 1.14. The summed E-state index contributed by atoms with van der Waals surface area (Å²) >= 11 is 0. The van der Waals surface area contributed by atoms with E-state index in [0.717, 1.165) is 0 Å². The molecule has 0 aliphatic rings. The number of hydrogen-bond acceptors (Lipinski definition) is 5. The normalized spacial score (nSPS) is 9.93. The summed E-state index contributed by atoms with van der Waals surface area (Å²) in [6.45, 7) is 0. The van der Waals surface area contributed by atoms with E-state index in [1.165, 1.54) is 13.5 Å². The van der Waals surface area contributed by atoms with E-state index in [0.29, 0.717) is 17.0 Å². The summed E-state index contributed by atoms with van der Waals surface area (Å²) in [7, 11) is 1.34. The van der Waals surface area contributed by atoms with Crippen LogP contribution in [0.25, 0.3) is 11.5 Å². The number of carbonyl (C=O) groups excluding carboxylic acids is 1. The van der Waals surface area contributed by atoms with Gasteiger partial charge in [-0.15, -0.1) is 10.2 Å². The van der Waals surface area contributed by atoms with Gasteiger partial charge in [0.2, 0.25) is 12.3 Å². The van der Waals surface area contributed by atoms with Crippen LogP contribution in [0.5, 0.6) is 0 Å². The molecule has 0 radical (unpaired) electrons. The van der Waals surface area contributed by atoms with Crippen LogP contribution >= 0.6 is 0 Å². The highest BCUT2D eigenvalue weighted by Gasteiger charge is 2.08. The van der Waals surface area contributed by atoms with E-state index in [4.69, 9.17) is 4.42 Å². The number of esters is 1. The maximum Gasteiger partial charge on any atom is 0.337 e. The van der Waals surface area contributed by atoms with Crippen molar-refractivity contribution >= 4 is 5.97 Å². The first-order valence-electron chi connectivity index (χ1n) is 4.26. The summed E-state index contributed by atoms with van der Waals surface area (Å²) in [5.74, 6) is -0.0166. The molecule has 0 bridgehead atoms. The van der Waals surface area contributed by atoms with Gasteiger partial charge >= 0.3 is 5.97 Å². The highest BCUT2D eigenvalue weighted by molar-refractivity contribution is 5.90. The lowest BCUT2D eigenvalue weighted by Gasteiger charge is -1.99. The van der Waals surface area contributed by atoms with Crippen molar-refractivity contribution in [3.8, 4) is 11.5 Å². The topological polar surface area (TPSA) is 65.2 Å². The Morgan fingerprint density at radius 3 is 3.00 bits per heavy atom. The zero-order valence-electron chi connectivity index (χ0n) is 8.01. The lowest BCUT2D eigenvalue weighted by atomic mass is 10.1. The van der Waals surface area contributed by atoms with Crippen LogP contribution in [0.3, 0.4) is 0 Å². The number of nitrogens with zero attached hydrogens (tertiary/aromatic N) is 2. The van der Waals surface area contributed by atoms with E-state index in [-0.39, 0.29) is 0 Å². The van der Waals surface area contributed by atoms with Crippen molar-refractivity contribution in [3.63, 3.8) is 0 Å². The molecule has 2 aromatic rings. The maximum atomic E-state index is 11.2. The molecule has 5 nitrogen and oxygen atoms in total. The van der Waals surface area contributed by atoms with Crippen LogP contribution in [0.4, 0.5) is 0 Å². The highest BCUT2D eigenvalue weighted by atomic mass is 16.5. The number of carbonyl (C=O) groups is 1. The molecule has 5 heteroatoms. The number of aromatic nitrogens is 2. The third-order valence-electron chi connectivity index (χ3n) is 1.89. The first kappa shape index (κ1) is 9.39. The molecule has 76 valence electrons. The van der Waals surface area contributed by atoms with E-state index in [2.05, 4.69) is 14.9 Å². The Hall–Kier alpha value is -2.17. The Balaban J connectivity index is 2.39. The molecule has 2 rings (SSSR count). The van der Waals surface area contributed by atoms with Gasteiger partial charge in [0.05, 0.1) is 12.7 Å². The second-order valence-electron chi connectivity index (χ2n) is 2.82. The molecule has 1 heterocycles. The van der Waals surface area contributed by atoms with Gasteiger partial charge in [-0.05, 0) is 18.2 Å². The molecule has 0 atom stereocenters. The molecule has 0 aliphatic heterocycles. The Morgan fingerprint density at radius 1 is 1.47 bits per heavy atom. The van der Waals surface area contributed by atoms with Crippen molar-refractivity contribution < 1.29 is 13.9 Å².